The van der Waals surface area contributed by atoms with E-state index in [1.807, 2.05) is 0 Å². The molecule has 0 saturated carbocycles. The molecule has 0 fully saturated rings. The summed E-state index contributed by atoms with van der Waals surface area (Å²) in [5, 5.41) is 0. The minimum absolute atomic E-state index is 0. The Morgan fingerprint density at radius 1 is 0.556 bits per heavy atom. The zero-order chi connectivity index (χ0) is 17.7. The number of hydrogen-bond donors (Lipinski definition) is 0. The van der Waals surface area contributed by atoms with E-state index in [9.17, 15) is 0 Å². The topological polar surface area (TPSA) is 7.76 Å². The van der Waals surface area contributed by atoms with Crippen molar-refractivity contribution in [1.29, 1.82) is 0 Å². The molecule has 2 rings (SSSR count). The molecular formula is C23H36I2N2. The van der Waals surface area contributed by atoms with Crippen LogP contribution in [-0.2, 0) is 13.1 Å². The average Bonchev–Trinajstić information content (AvgIpc) is 2.60. The van der Waals surface area contributed by atoms with Gasteiger partial charge in [0.05, 0.1) is 0 Å². The number of hydrogen-bond acceptors (Lipinski definition) is 0. The minimum Gasteiger partial charge on any atom is -1.00 e. The van der Waals surface area contributed by atoms with Gasteiger partial charge < -0.3 is 48.0 Å². The van der Waals surface area contributed by atoms with Crippen LogP contribution in [0, 0.1) is 13.8 Å². The van der Waals surface area contributed by atoms with E-state index >= 15 is 0 Å². The van der Waals surface area contributed by atoms with E-state index in [1.54, 1.807) is 0 Å². The molecule has 0 radical (unpaired) electrons. The van der Waals surface area contributed by atoms with Gasteiger partial charge >= 0.3 is 0 Å². The van der Waals surface area contributed by atoms with Crippen molar-refractivity contribution in [3.63, 3.8) is 0 Å². The zero-order valence-corrected chi connectivity index (χ0v) is 21.4. The Balaban J connectivity index is 0.00000338. The maximum atomic E-state index is 2.32. The van der Waals surface area contributed by atoms with Gasteiger partial charge in [-0.3, -0.25) is 0 Å². The number of unbranched alkanes of at least 4 members (excludes halogenated alkanes) is 8. The van der Waals surface area contributed by atoms with Crippen molar-refractivity contribution in [2.24, 2.45) is 0 Å². The first-order chi connectivity index (χ1) is 12.2. The molecule has 0 amide bonds. The number of nitrogens with zero attached hydrogens (tertiary/aromatic N) is 2. The van der Waals surface area contributed by atoms with Crippen molar-refractivity contribution in [3.05, 3.63) is 60.2 Å². The second-order valence-electron chi connectivity index (χ2n) is 7.42. The molecule has 0 aliphatic heterocycles. The van der Waals surface area contributed by atoms with Crippen molar-refractivity contribution >= 4 is 0 Å². The van der Waals surface area contributed by atoms with Gasteiger partial charge in [-0.25, -0.2) is 9.13 Å². The fourth-order valence-electron chi connectivity index (χ4n) is 3.41. The first kappa shape index (κ1) is 26.8. The van der Waals surface area contributed by atoms with Gasteiger partial charge in [-0.2, -0.15) is 0 Å². The highest BCUT2D eigenvalue weighted by atomic mass is 127. The predicted molar refractivity (Wildman–Crippen MR) is 104 cm³/mol. The first-order valence-corrected chi connectivity index (χ1v) is 10.2. The highest BCUT2D eigenvalue weighted by molar-refractivity contribution is 5.01. The Bertz CT molecular complexity index is 563. The van der Waals surface area contributed by atoms with Gasteiger partial charge in [0.25, 0.3) is 0 Å². The van der Waals surface area contributed by atoms with Crippen molar-refractivity contribution in [2.75, 3.05) is 0 Å². The molecule has 2 heterocycles. The van der Waals surface area contributed by atoms with Gasteiger partial charge in [-0.1, -0.05) is 32.1 Å². The van der Waals surface area contributed by atoms with E-state index in [0.717, 1.165) is 13.1 Å². The van der Waals surface area contributed by atoms with Gasteiger partial charge in [0.15, 0.2) is 24.8 Å². The van der Waals surface area contributed by atoms with E-state index in [0.29, 0.717) is 0 Å². The van der Waals surface area contributed by atoms with Crippen LogP contribution < -0.4 is 57.1 Å². The highest BCUT2D eigenvalue weighted by Gasteiger charge is 2.01. The van der Waals surface area contributed by atoms with E-state index in [2.05, 4.69) is 72.0 Å². The lowest BCUT2D eigenvalue weighted by Crippen LogP contribution is -3.00. The smallest absolute Gasteiger partial charge is 0.171 e. The predicted octanol–water partition coefficient (Wildman–Crippen LogP) is -0.902. The quantitative estimate of drug-likeness (QED) is 0.171. The summed E-state index contributed by atoms with van der Waals surface area (Å²) in [7, 11) is 0. The van der Waals surface area contributed by atoms with Gasteiger partial charge in [0.1, 0.15) is 13.1 Å². The molecule has 0 aromatic carbocycles. The summed E-state index contributed by atoms with van der Waals surface area (Å²) in [4.78, 5) is 0. The summed E-state index contributed by atoms with van der Waals surface area (Å²) >= 11 is 0. The molecule has 152 valence electrons. The first-order valence-electron chi connectivity index (χ1n) is 10.2. The molecule has 0 N–H and O–H groups in total. The summed E-state index contributed by atoms with van der Waals surface area (Å²) in [5.74, 6) is 0. The standard InChI is InChI=1S/C23H36N2.2HI/c1-22-14-12-18-24(20-22)16-10-8-6-4-3-5-7-9-11-17-25-19-13-15-23(2)21-25;;/h12-15,18-21H,3-11,16-17H2,1-2H3;2*1H/q+2;;/p-2. The molecule has 0 spiro atoms. The Kier molecular flexibility index (Phi) is 16.5. The van der Waals surface area contributed by atoms with Crippen LogP contribution >= 0.6 is 0 Å². The fraction of sp³-hybridized carbons (Fsp3) is 0.565. The third-order valence-electron chi connectivity index (χ3n) is 4.84. The van der Waals surface area contributed by atoms with Gasteiger partial charge in [-0.15, -0.1) is 0 Å². The van der Waals surface area contributed by atoms with Crippen molar-refractivity contribution < 1.29 is 57.1 Å². The monoisotopic (exact) mass is 594 g/mol. The van der Waals surface area contributed by atoms with Crippen LogP contribution in [0.4, 0.5) is 0 Å². The molecular weight excluding hydrogens is 558 g/mol. The van der Waals surface area contributed by atoms with Crippen molar-refractivity contribution in [2.45, 2.75) is 84.7 Å². The Morgan fingerprint density at radius 2 is 0.889 bits per heavy atom. The number of aromatic nitrogens is 2. The molecule has 0 saturated heterocycles. The molecule has 0 atom stereocenters. The van der Waals surface area contributed by atoms with Crippen molar-refractivity contribution in [1.82, 2.24) is 0 Å². The van der Waals surface area contributed by atoms with Gasteiger partial charge in [0, 0.05) is 36.1 Å². The third-order valence-corrected chi connectivity index (χ3v) is 4.84. The largest absolute Gasteiger partial charge is 1.00 e. The molecule has 0 aliphatic rings. The SMILES string of the molecule is Cc1ccc[n+](CCCCCCCCCCC[n+]2cccc(C)c2)c1.[I-].[I-]. The van der Waals surface area contributed by atoms with Crippen LogP contribution in [0.15, 0.2) is 49.1 Å². The summed E-state index contributed by atoms with van der Waals surface area (Å²) in [5.41, 5.74) is 2.70. The fourth-order valence-corrected chi connectivity index (χ4v) is 3.41. The van der Waals surface area contributed by atoms with E-state index in [1.165, 1.54) is 68.9 Å². The molecule has 0 bridgehead atoms. The normalized spacial score (nSPS) is 10.1. The second kappa shape index (κ2) is 16.7. The van der Waals surface area contributed by atoms with Crippen LogP contribution in [0.1, 0.15) is 68.9 Å². The zero-order valence-electron chi connectivity index (χ0n) is 17.0. The summed E-state index contributed by atoms with van der Waals surface area (Å²) < 4.78 is 4.64. The molecule has 2 aromatic rings. The maximum absolute atomic E-state index is 2.32. The lowest BCUT2D eigenvalue weighted by Gasteiger charge is -2.02. The number of rotatable bonds is 12. The van der Waals surface area contributed by atoms with E-state index in [4.69, 9.17) is 0 Å². The number of aryl methyl sites for hydroxylation is 4. The molecule has 0 unspecified atom stereocenters. The summed E-state index contributed by atoms with van der Waals surface area (Å²) in [6.45, 7) is 6.66. The number of halogens is 2. The van der Waals surface area contributed by atoms with Crippen LogP contribution in [0.2, 0.25) is 0 Å². The van der Waals surface area contributed by atoms with Crippen molar-refractivity contribution in [3.8, 4) is 0 Å². The molecule has 2 nitrogen and oxygen atoms in total. The highest BCUT2D eigenvalue weighted by Crippen LogP contribution is 2.09. The average molecular weight is 594 g/mol. The summed E-state index contributed by atoms with van der Waals surface area (Å²) in [6, 6.07) is 8.62. The molecule has 0 aliphatic carbocycles. The minimum atomic E-state index is 0. The Morgan fingerprint density at radius 3 is 1.22 bits per heavy atom. The van der Waals surface area contributed by atoms with Gasteiger partial charge in [-0.05, 0) is 38.8 Å². The lowest BCUT2D eigenvalue weighted by molar-refractivity contribution is -0.697. The molecule has 27 heavy (non-hydrogen) atoms. The van der Waals surface area contributed by atoms with Crippen LogP contribution in [0.5, 0.6) is 0 Å². The van der Waals surface area contributed by atoms with Crippen LogP contribution in [0.3, 0.4) is 0 Å². The maximum Gasteiger partial charge on any atom is 0.171 e. The molecule has 4 heteroatoms. The van der Waals surface area contributed by atoms with Crippen LogP contribution in [0.25, 0.3) is 0 Å². The second-order valence-corrected chi connectivity index (χ2v) is 7.42. The van der Waals surface area contributed by atoms with E-state index in [-0.39, 0.29) is 48.0 Å². The number of pyridine rings is 2. The Hall–Kier alpha value is -0.240. The molecule has 2 aromatic heterocycles. The lowest BCUT2D eigenvalue weighted by atomic mass is 10.1. The van der Waals surface area contributed by atoms with Crippen LogP contribution in [-0.4, -0.2) is 0 Å². The summed E-state index contributed by atoms with van der Waals surface area (Å²) in [6.07, 6.45) is 21.2. The van der Waals surface area contributed by atoms with Gasteiger partial charge in [0.2, 0.25) is 0 Å². The Labute approximate surface area is 200 Å². The third kappa shape index (κ3) is 12.8. The van der Waals surface area contributed by atoms with E-state index < -0.39 is 0 Å².